The lowest BCUT2D eigenvalue weighted by Crippen LogP contribution is -2.31. The number of anilines is 1. The summed E-state index contributed by atoms with van der Waals surface area (Å²) in [5.41, 5.74) is -4.24. The molecule has 0 saturated heterocycles. The van der Waals surface area contributed by atoms with Crippen molar-refractivity contribution in [3.05, 3.63) is 49.2 Å². The molecule has 0 atom stereocenters. The van der Waals surface area contributed by atoms with Crippen molar-refractivity contribution in [1.82, 2.24) is 4.90 Å². The molecule has 1 aliphatic rings. The molecule has 1 amide bonds. The van der Waals surface area contributed by atoms with Gasteiger partial charge in [-0.05, 0) is 0 Å². The smallest absolute Gasteiger partial charge is 0.337 e. The molecule has 29 heavy (non-hydrogen) atoms. The van der Waals surface area contributed by atoms with Crippen LogP contribution in [0.2, 0.25) is 0 Å². The van der Waals surface area contributed by atoms with Gasteiger partial charge in [0.1, 0.15) is 5.70 Å². The first-order chi connectivity index (χ1) is 13.6. The first kappa shape index (κ1) is 21.2. The van der Waals surface area contributed by atoms with E-state index in [1.165, 1.54) is 0 Å². The largest absolute Gasteiger partial charge is 0.478 e. The molecular weight excluding hydrogens is 396 g/mol. The topological polar surface area (TPSA) is 202 Å². The maximum absolute atomic E-state index is 12.5. The van der Waals surface area contributed by atoms with E-state index < -0.39 is 62.6 Å². The number of aliphatic hydroxyl groups is 1. The highest BCUT2D eigenvalue weighted by molar-refractivity contribution is 6.09. The van der Waals surface area contributed by atoms with Crippen LogP contribution in [0.5, 0.6) is 0 Å². The second-order valence-corrected chi connectivity index (χ2v) is 5.63. The minimum atomic E-state index is -1.64. The van der Waals surface area contributed by atoms with Crippen molar-refractivity contribution in [3.63, 3.8) is 0 Å². The van der Waals surface area contributed by atoms with Crippen molar-refractivity contribution < 1.29 is 39.2 Å². The number of rotatable bonds is 8. The number of carbonyl (C=O) groups excluding carboxylic acids is 2. The van der Waals surface area contributed by atoms with Gasteiger partial charge in [0, 0.05) is 18.7 Å². The molecule has 0 unspecified atom stereocenters. The van der Waals surface area contributed by atoms with Gasteiger partial charge in [0.15, 0.2) is 5.69 Å². The molecule has 3 N–H and O–H groups in total. The van der Waals surface area contributed by atoms with E-state index in [2.05, 4.69) is 10.1 Å². The van der Waals surface area contributed by atoms with Gasteiger partial charge < -0.3 is 25.2 Å². The number of benzene rings is 1. The summed E-state index contributed by atoms with van der Waals surface area (Å²) in [5, 5.41) is 43.1. The second-order valence-electron chi connectivity index (χ2n) is 5.63. The number of methoxy groups -OCH3 is 1. The lowest BCUT2D eigenvalue weighted by atomic mass is 10.1. The lowest BCUT2D eigenvalue weighted by Gasteiger charge is -2.15. The van der Waals surface area contributed by atoms with E-state index in [1.807, 2.05) is 0 Å². The fraction of sp³-hybridized carbons (Fsp3) is 0.267. The van der Waals surface area contributed by atoms with Crippen LogP contribution in [0.4, 0.5) is 17.1 Å². The van der Waals surface area contributed by atoms with Crippen LogP contribution in [0.15, 0.2) is 23.4 Å². The van der Waals surface area contributed by atoms with Crippen molar-refractivity contribution >= 4 is 34.9 Å². The molecule has 0 aliphatic carbocycles. The number of nitro groups is 2. The number of aromatic carboxylic acids is 1. The van der Waals surface area contributed by atoms with E-state index in [1.54, 1.807) is 0 Å². The first-order valence-electron chi connectivity index (χ1n) is 7.81. The predicted molar refractivity (Wildman–Crippen MR) is 93.0 cm³/mol. The number of ether oxygens (including phenoxy) is 1. The van der Waals surface area contributed by atoms with Gasteiger partial charge in [-0.25, -0.2) is 9.59 Å². The van der Waals surface area contributed by atoms with Gasteiger partial charge in [-0.3, -0.25) is 25.0 Å². The van der Waals surface area contributed by atoms with Crippen molar-refractivity contribution in [3.8, 4) is 0 Å². The van der Waals surface area contributed by atoms with Gasteiger partial charge in [0.2, 0.25) is 0 Å². The summed E-state index contributed by atoms with van der Waals surface area (Å²) < 4.78 is 4.56. The number of aliphatic hydroxyl groups excluding tert-OH is 1. The standard InChI is InChI=1S/C15H14N4O10/c1-29-15(24)8-6-17(2-3-20)13(21)11(8)16-12-9(18(25)26)4-7(14(22)23)5-10(12)19(27)28/h4-5,16,20H,2-3,6H2,1H3,(H,22,23). The summed E-state index contributed by atoms with van der Waals surface area (Å²) >= 11 is 0. The molecule has 0 saturated carbocycles. The molecule has 1 aromatic rings. The normalized spacial score (nSPS) is 13.4. The number of carboxylic acids is 1. The third-order valence-corrected chi connectivity index (χ3v) is 3.94. The van der Waals surface area contributed by atoms with Gasteiger partial charge in [-0.2, -0.15) is 0 Å². The Morgan fingerprint density at radius 3 is 2.21 bits per heavy atom. The molecule has 14 heteroatoms. The number of carbonyl (C=O) groups is 3. The highest BCUT2D eigenvalue weighted by atomic mass is 16.6. The SMILES string of the molecule is COC(=O)C1=C(Nc2c([N+](=O)[O-])cc(C(=O)O)cc2[N+](=O)[O-])C(=O)N(CCO)C1. The minimum absolute atomic E-state index is 0.174. The molecule has 1 heterocycles. The molecule has 2 rings (SSSR count). The maximum atomic E-state index is 12.5. The molecule has 0 bridgehead atoms. The van der Waals surface area contributed by atoms with Crippen LogP contribution in [0.3, 0.4) is 0 Å². The fourth-order valence-electron chi connectivity index (χ4n) is 2.63. The average Bonchev–Trinajstić information content (AvgIpc) is 2.96. The van der Waals surface area contributed by atoms with Gasteiger partial charge >= 0.3 is 23.3 Å². The first-order valence-corrected chi connectivity index (χ1v) is 7.81. The van der Waals surface area contributed by atoms with Crippen LogP contribution in [0, 0.1) is 20.2 Å². The van der Waals surface area contributed by atoms with E-state index in [9.17, 15) is 34.6 Å². The number of esters is 1. The average molecular weight is 410 g/mol. The van der Waals surface area contributed by atoms with E-state index in [4.69, 9.17) is 10.2 Å². The molecule has 0 radical (unpaired) electrons. The summed E-state index contributed by atoms with van der Waals surface area (Å²) in [6, 6.07) is 1.17. The van der Waals surface area contributed by atoms with E-state index in [0.717, 1.165) is 12.0 Å². The van der Waals surface area contributed by atoms with Crippen LogP contribution in [-0.2, 0) is 14.3 Å². The summed E-state index contributed by atoms with van der Waals surface area (Å²) in [4.78, 5) is 57.3. The van der Waals surface area contributed by atoms with E-state index in [0.29, 0.717) is 12.1 Å². The third kappa shape index (κ3) is 4.11. The van der Waals surface area contributed by atoms with Crippen molar-refractivity contribution in [2.75, 3.05) is 32.1 Å². The highest BCUT2D eigenvalue weighted by Crippen LogP contribution is 2.38. The zero-order valence-corrected chi connectivity index (χ0v) is 14.8. The fourth-order valence-corrected chi connectivity index (χ4v) is 2.63. The number of nitrogens with one attached hydrogen (secondary N) is 1. The summed E-state index contributed by atoms with van der Waals surface area (Å²) in [5.74, 6) is -3.46. The van der Waals surface area contributed by atoms with Crippen molar-refractivity contribution in [2.24, 2.45) is 0 Å². The van der Waals surface area contributed by atoms with Crippen molar-refractivity contribution in [2.45, 2.75) is 0 Å². The number of amides is 1. The lowest BCUT2D eigenvalue weighted by molar-refractivity contribution is -0.392. The van der Waals surface area contributed by atoms with Gasteiger partial charge in [0.25, 0.3) is 5.91 Å². The Morgan fingerprint density at radius 2 is 1.79 bits per heavy atom. The van der Waals surface area contributed by atoms with Gasteiger partial charge in [-0.15, -0.1) is 0 Å². The van der Waals surface area contributed by atoms with Crippen LogP contribution >= 0.6 is 0 Å². The summed E-state index contributed by atoms with van der Waals surface area (Å²) in [6.45, 7) is -0.920. The number of hydrogen-bond donors (Lipinski definition) is 3. The number of hydrogen-bond acceptors (Lipinski definition) is 10. The van der Waals surface area contributed by atoms with Crippen LogP contribution in [0.25, 0.3) is 0 Å². The molecule has 0 spiro atoms. The maximum Gasteiger partial charge on any atom is 0.337 e. The van der Waals surface area contributed by atoms with E-state index in [-0.39, 0.29) is 18.7 Å². The molecule has 1 aromatic carbocycles. The zero-order chi connectivity index (χ0) is 21.9. The Balaban J connectivity index is 2.68. The second kappa shape index (κ2) is 8.30. The number of carboxylic acid groups (broad SMARTS) is 1. The van der Waals surface area contributed by atoms with E-state index >= 15 is 0 Å². The van der Waals surface area contributed by atoms with Crippen LogP contribution in [-0.4, -0.2) is 69.6 Å². The molecule has 154 valence electrons. The summed E-state index contributed by atoms with van der Waals surface area (Å²) in [7, 11) is 1.03. The summed E-state index contributed by atoms with van der Waals surface area (Å²) in [6.07, 6.45) is 0. The van der Waals surface area contributed by atoms with Crippen molar-refractivity contribution in [1.29, 1.82) is 0 Å². The van der Waals surface area contributed by atoms with Crippen LogP contribution in [0.1, 0.15) is 10.4 Å². The Labute approximate surface area is 161 Å². The Hall–Kier alpha value is -4.07. The Bertz CT molecular complexity index is 919. The monoisotopic (exact) mass is 410 g/mol. The number of β-amino-alcohol motifs (C(OH)–C–C–N with tert-alkyl or cyclic N) is 1. The van der Waals surface area contributed by atoms with Gasteiger partial charge in [-0.1, -0.05) is 0 Å². The number of nitro benzene ring substituents is 2. The minimum Gasteiger partial charge on any atom is -0.478 e. The van der Waals surface area contributed by atoms with Crippen LogP contribution < -0.4 is 5.32 Å². The molecular formula is C15H14N4O10. The predicted octanol–water partition coefficient (Wildman–Crippen LogP) is -0.125. The molecule has 1 aliphatic heterocycles. The van der Waals surface area contributed by atoms with Gasteiger partial charge in [0.05, 0.1) is 41.2 Å². The quantitative estimate of drug-likeness (QED) is 0.293. The number of nitrogens with zero attached hydrogens (tertiary/aromatic N) is 3. The zero-order valence-electron chi connectivity index (χ0n) is 14.8. The Morgan fingerprint density at radius 1 is 1.24 bits per heavy atom. The Kier molecular flexibility index (Phi) is 6.08. The highest BCUT2D eigenvalue weighted by Gasteiger charge is 2.38. The third-order valence-electron chi connectivity index (χ3n) is 3.94. The molecule has 0 aromatic heterocycles. The molecule has 0 fully saturated rings. The molecule has 14 nitrogen and oxygen atoms in total.